The maximum absolute atomic E-state index is 11.5. The van der Waals surface area contributed by atoms with Crippen LogP contribution in [0.1, 0.15) is 46.0 Å². The van der Waals surface area contributed by atoms with Gasteiger partial charge in [-0.05, 0) is 37.5 Å². The lowest BCUT2D eigenvalue weighted by molar-refractivity contribution is -0.121. The Bertz CT molecular complexity index is 206. The number of carbonyl (C=O) groups is 1. The Labute approximate surface area is 101 Å². The van der Waals surface area contributed by atoms with Crippen molar-refractivity contribution in [3.05, 3.63) is 0 Å². The molecule has 1 aliphatic carbocycles. The number of alkyl halides is 1. The van der Waals surface area contributed by atoms with E-state index in [-0.39, 0.29) is 5.91 Å². The Morgan fingerprint density at radius 3 is 2.73 bits per heavy atom. The molecule has 2 unspecified atom stereocenters. The molecule has 0 aromatic carbocycles. The summed E-state index contributed by atoms with van der Waals surface area (Å²) in [5, 5.41) is 3.04. The summed E-state index contributed by atoms with van der Waals surface area (Å²) in [7, 11) is 0. The molecule has 0 aromatic rings. The van der Waals surface area contributed by atoms with Crippen molar-refractivity contribution in [3.8, 4) is 0 Å². The fraction of sp³-hybridized carbons (Fsp3) is 0.917. The first-order valence-electron chi connectivity index (χ1n) is 5.98. The van der Waals surface area contributed by atoms with E-state index in [9.17, 15) is 4.79 Å². The second-order valence-electron chi connectivity index (χ2n) is 5.01. The van der Waals surface area contributed by atoms with Crippen LogP contribution in [0.15, 0.2) is 0 Å². The summed E-state index contributed by atoms with van der Waals surface area (Å²) in [5.41, 5.74) is 0. The first-order valence-corrected chi connectivity index (χ1v) is 6.90. The van der Waals surface area contributed by atoms with Crippen LogP contribution in [0.25, 0.3) is 0 Å². The third-order valence-corrected chi connectivity index (χ3v) is 3.85. The van der Waals surface area contributed by atoms with Crippen molar-refractivity contribution in [1.82, 2.24) is 5.32 Å². The van der Waals surface area contributed by atoms with Gasteiger partial charge < -0.3 is 5.32 Å². The van der Waals surface area contributed by atoms with Crippen LogP contribution in [0.5, 0.6) is 0 Å². The lowest BCUT2D eigenvalue weighted by Crippen LogP contribution is -2.28. The van der Waals surface area contributed by atoms with Gasteiger partial charge >= 0.3 is 0 Å². The third kappa shape index (κ3) is 5.55. The van der Waals surface area contributed by atoms with Crippen molar-refractivity contribution >= 4 is 21.8 Å². The van der Waals surface area contributed by atoms with Crippen LogP contribution in [0.3, 0.4) is 0 Å². The normalized spacial score (nSPS) is 25.9. The molecule has 0 aliphatic heterocycles. The minimum atomic E-state index is 0.224. The largest absolute Gasteiger partial charge is 0.356 e. The summed E-state index contributed by atoms with van der Waals surface area (Å²) in [6.45, 7) is 5.18. The lowest BCUT2D eigenvalue weighted by Gasteiger charge is -2.11. The van der Waals surface area contributed by atoms with E-state index in [2.05, 4.69) is 35.1 Å². The molecule has 0 spiro atoms. The smallest absolute Gasteiger partial charge is 0.220 e. The van der Waals surface area contributed by atoms with E-state index in [4.69, 9.17) is 0 Å². The molecule has 1 rings (SSSR count). The van der Waals surface area contributed by atoms with Gasteiger partial charge in [0.1, 0.15) is 0 Å². The van der Waals surface area contributed by atoms with Gasteiger partial charge in [-0.3, -0.25) is 4.79 Å². The number of rotatable bonds is 5. The molecule has 0 bridgehead atoms. The number of halogens is 1. The molecule has 1 saturated carbocycles. The summed E-state index contributed by atoms with van der Waals surface area (Å²) in [6, 6.07) is 0. The second kappa shape index (κ2) is 6.51. The zero-order valence-corrected chi connectivity index (χ0v) is 11.3. The van der Waals surface area contributed by atoms with Gasteiger partial charge in [-0.15, -0.1) is 0 Å². The van der Waals surface area contributed by atoms with Gasteiger partial charge in [0.15, 0.2) is 0 Å². The van der Waals surface area contributed by atoms with Gasteiger partial charge in [0.2, 0.25) is 5.91 Å². The highest BCUT2D eigenvalue weighted by atomic mass is 79.9. The molecule has 1 aliphatic rings. The lowest BCUT2D eigenvalue weighted by atomic mass is 10.1. The SMILES string of the molecule is CC(C)CCC(=O)NCC1CCC(Br)C1. The molecule has 0 heterocycles. The average molecular weight is 276 g/mol. The number of hydrogen-bond donors (Lipinski definition) is 1. The molecule has 2 nitrogen and oxygen atoms in total. The number of nitrogens with one attached hydrogen (secondary N) is 1. The van der Waals surface area contributed by atoms with E-state index in [0.717, 1.165) is 13.0 Å². The van der Waals surface area contributed by atoms with Gasteiger partial charge in [-0.25, -0.2) is 0 Å². The van der Waals surface area contributed by atoms with E-state index >= 15 is 0 Å². The van der Waals surface area contributed by atoms with Crippen molar-refractivity contribution in [2.24, 2.45) is 11.8 Å². The van der Waals surface area contributed by atoms with E-state index < -0.39 is 0 Å². The highest BCUT2D eigenvalue weighted by Gasteiger charge is 2.22. The quantitative estimate of drug-likeness (QED) is 0.768. The molecular formula is C12H22BrNO. The Morgan fingerprint density at radius 1 is 1.47 bits per heavy atom. The summed E-state index contributed by atoms with van der Waals surface area (Å²) in [5.74, 6) is 1.54. The standard InChI is InChI=1S/C12H22BrNO/c1-9(2)3-6-12(15)14-8-10-4-5-11(13)7-10/h9-11H,3-8H2,1-2H3,(H,14,15). The van der Waals surface area contributed by atoms with E-state index in [1.165, 1.54) is 19.3 Å². The van der Waals surface area contributed by atoms with E-state index in [1.807, 2.05) is 0 Å². The van der Waals surface area contributed by atoms with Crippen LogP contribution >= 0.6 is 15.9 Å². The van der Waals surface area contributed by atoms with Gasteiger partial charge in [0.05, 0.1) is 0 Å². The minimum Gasteiger partial charge on any atom is -0.356 e. The molecule has 0 saturated heterocycles. The van der Waals surface area contributed by atoms with Crippen molar-refractivity contribution in [2.45, 2.75) is 50.8 Å². The number of carbonyl (C=O) groups excluding carboxylic acids is 1. The molecule has 0 radical (unpaired) electrons. The fourth-order valence-electron chi connectivity index (χ4n) is 1.97. The summed E-state index contributed by atoms with van der Waals surface area (Å²) in [4.78, 5) is 12.1. The monoisotopic (exact) mass is 275 g/mol. The van der Waals surface area contributed by atoms with Gasteiger partial charge in [0.25, 0.3) is 0 Å². The van der Waals surface area contributed by atoms with E-state index in [0.29, 0.717) is 23.1 Å². The predicted molar refractivity (Wildman–Crippen MR) is 67.1 cm³/mol. The molecule has 2 atom stereocenters. The molecule has 1 fully saturated rings. The molecule has 0 aromatic heterocycles. The highest BCUT2D eigenvalue weighted by Crippen LogP contribution is 2.29. The first-order chi connectivity index (χ1) is 7.08. The Balaban J connectivity index is 2.06. The molecule has 1 amide bonds. The fourth-order valence-corrected chi connectivity index (χ4v) is 2.76. The molecule has 1 N–H and O–H groups in total. The van der Waals surface area contributed by atoms with Crippen LogP contribution in [0.4, 0.5) is 0 Å². The molecular weight excluding hydrogens is 254 g/mol. The Kier molecular flexibility index (Phi) is 5.65. The number of hydrogen-bond acceptors (Lipinski definition) is 1. The van der Waals surface area contributed by atoms with Crippen LogP contribution < -0.4 is 5.32 Å². The maximum atomic E-state index is 11.5. The van der Waals surface area contributed by atoms with Gasteiger partial charge in [-0.2, -0.15) is 0 Å². The van der Waals surface area contributed by atoms with Crippen LogP contribution in [-0.4, -0.2) is 17.3 Å². The summed E-state index contributed by atoms with van der Waals surface area (Å²) in [6.07, 6.45) is 5.40. The van der Waals surface area contributed by atoms with E-state index in [1.54, 1.807) is 0 Å². The van der Waals surface area contributed by atoms with Crippen molar-refractivity contribution in [1.29, 1.82) is 0 Å². The minimum absolute atomic E-state index is 0.224. The molecule has 15 heavy (non-hydrogen) atoms. The Hall–Kier alpha value is -0.0500. The summed E-state index contributed by atoms with van der Waals surface area (Å²) >= 11 is 3.62. The zero-order chi connectivity index (χ0) is 11.3. The number of amides is 1. The van der Waals surface area contributed by atoms with Crippen molar-refractivity contribution in [2.75, 3.05) is 6.54 Å². The van der Waals surface area contributed by atoms with Crippen LogP contribution in [0.2, 0.25) is 0 Å². The molecule has 3 heteroatoms. The topological polar surface area (TPSA) is 29.1 Å². The predicted octanol–water partition coefficient (Wildman–Crippen LogP) is 3.10. The van der Waals surface area contributed by atoms with Gasteiger partial charge in [0, 0.05) is 17.8 Å². The Morgan fingerprint density at radius 2 is 2.20 bits per heavy atom. The molecule has 88 valence electrons. The average Bonchev–Trinajstić information content (AvgIpc) is 2.58. The van der Waals surface area contributed by atoms with Crippen LogP contribution in [-0.2, 0) is 4.79 Å². The van der Waals surface area contributed by atoms with Crippen molar-refractivity contribution in [3.63, 3.8) is 0 Å². The van der Waals surface area contributed by atoms with Gasteiger partial charge in [-0.1, -0.05) is 29.8 Å². The maximum Gasteiger partial charge on any atom is 0.220 e. The zero-order valence-electron chi connectivity index (χ0n) is 9.76. The highest BCUT2D eigenvalue weighted by molar-refractivity contribution is 9.09. The van der Waals surface area contributed by atoms with Crippen molar-refractivity contribution < 1.29 is 4.79 Å². The third-order valence-electron chi connectivity index (χ3n) is 3.01. The first kappa shape index (κ1) is 13.0. The second-order valence-corrected chi connectivity index (χ2v) is 6.31. The summed E-state index contributed by atoms with van der Waals surface area (Å²) < 4.78 is 0. The van der Waals surface area contributed by atoms with Crippen LogP contribution in [0, 0.1) is 11.8 Å².